The van der Waals surface area contributed by atoms with Crippen LogP contribution in [0.2, 0.25) is 0 Å². The van der Waals surface area contributed by atoms with Crippen molar-refractivity contribution in [2.45, 2.75) is 38.5 Å². The topological polar surface area (TPSA) is 39.2 Å². The first kappa shape index (κ1) is 20.4. The summed E-state index contributed by atoms with van der Waals surface area (Å²) in [5, 5.41) is 0. The van der Waals surface area contributed by atoms with Crippen LogP contribution in [0.5, 0.6) is 0 Å². The lowest BCUT2D eigenvalue weighted by Crippen LogP contribution is -2.45. The van der Waals surface area contributed by atoms with E-state index in [9.17, 15) is 9.18 Å². The van der Waals surface area contributed by atoms with Crippen LogP contribution in [0.25, 0.3) is 10.5 Å². The Bertz CT molecular complexity index is 1280. The standard InChI is InChI=1S/C27H24FN3O/c1-17-21-12-13-23-26(27(21,2)16-22(29-3)25(17)32)30-24(14-18-8-5-4-6-9-18)31(23)20-11-7-10-19(28)15-20/h4-11,15-17,21H,12-14H2,1-2H3/t17-,21-,27-/m1/s1. The number of benzene rings is 2. The maximum atomic E-state index is 14.2. The molecule has 1 heterocycles. The number of imidazole rings is 1. The Morgan fingerprint density at radius 1 is 1.22 bits per heavy atom. The summed E-state index contributed by atoms with van der Waals surface area (Å²) in [6.45, 7) is 11.5. The number of rotatable bonds is 3. The normalized spacial score (nSPS) is 24.3. The summed E-state index contributed by atoms with van der Waals surface area (Å²) in [7, 11) is 0. The molecule has 0 fully saturated rings. The molecule has 0 amide bonds. The largest absolute Gasteiger partial charge is 0.308 e. The minimum absolute atomic E-state index is 0.0694. The van der Waals surface area contributed by atoms with E-state index in [1.54, 1.807) is 6.07 Å². The van der Waals surface area contributed by atoms with E-state index >= 15 is 0 Å². The van der Waals surface area contributed by atoms with Gasteiger partial charge < -0.3 is 9.36 Å². The van der Waals surface area contributed by atoms with Crippen LogP contribution in [0.15, 0.2) is 66.4 Å². The molecule has 3 aromatic rings. The predicted octanol–water partition coefficient (Wildman–Crippen LogP) is 5.44. The summed E-state index contributed by atoms with van der Waals surface area (Å²) < 4.78 is 16.3. The maximum Gasteiger partial charge on any atom is 0.226 e. The number of hydrogen-bond donors (Lipinski definition) is 0. The first-order chi connectivity index (χ1) is 15.4. The molecule has 0 aliphatic heterocycles. The first-order valence-corrected chi connectivity index (χ1v) is 11.0. The summed E-state index contributed by atoms with van der Waals surface area (Å²) in [5.41, 5.74) is 3.52. The van der Waals surface area contributed by atoms with Crippen LogP contribution in [-0.4, -0.2) is 15.3 Å². The van der Waals surface area contributed by atoms with E-state index in [0.29, 0.717) is 6.42 Å². The number of fused-ring (bicyclic) bond motifs is 3. The van der Waals surface area contributed by atoms with Crippen LogP contribution in [0.3, 0.4) is 0 Å². The molecule has 0 spiro atoms. The van der Waals surface area contributed by atoms with Crippen molar-refractivity contribution in [3.63, 3.8) is 0 Å². The van der Waals surface area contributed by atoms with Gasteiger partial charge in [-0.1, -0.05) is 56.3 Å². The van der Waals surface area contributed by atoms with Gasteiger partial charge in [0.1, 0.15) is 11.6 Å². The van der Waals surface area contributed by atoms with Crippen molar-refractivity contribution in [3.05, 3.63) is 106 Å². The van der Waals surface area contributed by atoms with Crippen molar-refractivity contribution < 1.29 is 9.18 Å². The maximum absolute atomic E-state index is 14.2. The Balaban J connectivity index is 1.74. The minimum Gasteiger partial charge on any atom is -0.308 e. The zero-order chi connectivity index (χ0) is 22.5. The molecule has 0 bridgehead atoms. The van der Waals surface area contributed by atoms with Crippen molar-refractivity contribution in [1.29, 1.82) is 0 Å². The molecule has 0 radical (unpaired) electrons. The van der Waals surface area contributed by atoms with E-state index in [0.717, 1.165) is 41.3 Å². The van der Waals surface area contributed by atoms with Crippen molar-refractivity contribution in [2.75, 3.05) is 0 Å². The molecular formula is C27H24FN3O. The molecule has 3 atom stereocenters. The third-order valence-electron chi connectivity index (χ3n) is 7.11. The number of Topliss-reactive ketones (excluding diaryl/α,β-unsaturated/α-hetero) is 1. The van der Waals surface area contributed by atoms with Gasteiger partial charge in [-0.3, -0.25) is 0 Å². The second-order valence-electron chi connectivity index (χ2n) is 9.02. The quantitative estimate of drug-likeness (QED) is 0.524. The van der Waals surface area contributed by atoms with Gasteiger partial charge in [0.05, 0.1) is 12.3 Å². The first-order valence-electron chi connectivity index (χ1n) is 11.0. The lowest BCUT2D eigenvalue weighted by Gasteiger charge is -2.44. The Morgan fingerprint density at radius 2 is 2.00 bits per heavy atom. The fourth-order valence-corrected chi connectivity index (χ4v) is 5.55. The molecule has 4 nitrogen and oxygen atoms in total. The lowest BCUT2D eigenvalue weighted by atomic mass is 9.59. The summed E-state index contributed by atoms with van der Waals surface area (Å²) in [4.78, 5) is 21.3. The minimum atomic E-state index is -0.509. The van der Waals surface area contributed by atoms with Crippen LogP contribution in [0.4, 0.5) is 4.39 Å². The summed E-state index contributed by atoms with van der Waals surface area (Å²) in [5.74, 6) is 0.353. The van der Waals surface area contributed by atoms with Gasteiger partial charge in [0.15, 0.2) is 5.78 Å². The SMILES string of the molecule is [C-]#[N+]C1=C[C@@]2(C)c3nc(Cc4ccccc4)n(-c4cccc(F)c4)c3CC[C@@H]2[C@@H](C)C1=O. The number of carbonyl (C=O) groups excluding carboxylic acids is 1. The van der Waals surface area contributed by atoms with Gasteiger partial charge in [-0.25, -0.2) is 14.2 Å². The zero-order valence-electron chi connectivity index (χ0n) is 18.2. The fourth-order valence-electron chi connectivity index (χ4n) is 5.55. The molecule has 1 aromatic heterocycles. The number of carbonyl (C=O) groups is 1. The molecule has 0 saturated heterocycles. The molecule has 2 aliphatic carbocycles. The van der Waals surface area contributed by atoms with E-state index in [-0.39, 0.29) is 29.1 Å². The number of halogens is 1. The Kier molecular flexibility index (Phi) is 4.82. The Hall–Kier alpha value is -3.52. The Labute approximate surface area is 187 Å². The zero-order valence-corrected chi connectivity index (χ0v) is 18.2. The smallest absolute Gasteiger partial charge is 0.226 e. The van der Waals surface area contributed by atoms with Crippen molar-refractivity contribution in [3.8, 4) is 5.69 Å². The van der Waals surface area contributed by atoms with E-state index in [4.69, 9.17) is 11.6 Å². The van der Waals surface area contributed by atoms with Crippen molar-refractivity contribution in [2.24, 2.45) is 11.8 Å². The third kappa shape index (κ3) is 3.10. The predicted molar refractivity (Wildman–Crippen MR) is 121 cm³/mol. The number of nitrogens with zero attached hydrogens (tertiary/aromatic N) is 3. The van der Waals surface area contributed by atoms with Crippen LogP contribution in [-0.2, 0) is 23.1 Å². The Morgan fingerprint density at radius 3 is 2.72 bits per heavy atom. The van der Waals surface area contributed by atoms with Gasteiger partial charge in [-0.2, -0.15) is 0 Å². The van der Waals surface area contributed by atoms with Gasteiger partial charge >= 0.3 is 0 Å². The van der Waals surface area contributed by atoms with Gasteiger partial charge in [-0.05, 0) is 42.5 Å². The molecule has 5 rings (SSSR count). The summed E-state index contributed by atoms with van der Waals surface area (Å²) in [6.07, 6.45) is 4.02. The van der Waals surface area contributed by atoms with Crippen LogP contribution in [0, 0.1) is 24.2 Å². The summed E-state index contributed by atoms with van der Waals surface area (Å²) in [6, 6.07) is 16.7. The van der Waals surface area contributed by atoms with E-state index in [2.05, 4.69) is 28.5 Å². The average molecular weight is 426 g/mol. The second kappa shape index (κ2) is 7.56. The third-order valence-corrected chi connectivity index (χ3v) is 7.11. The van der Waals surface area contributed by atoms with Gasteiger partial charge in [0, 0.05) is 29.1 Å². The lowest BCUT2D eigenvalue weighted by molar-refractivity contribution is -0.121. The van der Waals surface area contributed by atoms with Crippen LogP contribution >= 0.6 is 0 Å². The molecule has 32 heavy (non-hydrogen) atoms. The van der Waals surface area contributed by atoms with Gasteiger partial charge in [0.2, 0.25) is 5.70 Å². The average Bonchev–Trinajstić information content (AvgIpc) is 3.16. The molecule has 5 heteroatoms. The molecule has 2 aromatic carbocycles. The molecule has 0 N–H and O–H groups in total. The summed E-state index contributed by atoms with van der Waals surface area (Å²) >= 11 is 0. The number of ketones is 1. The van der Waals surface area contributed by atoms with Crippen molar-refractivity contribution in [1.82, 2.24) is 9.55 Å². The van der Waals surface area contributed by atoms with E-state index in [1.165, 1.54) is 12.1 Å². The number of allylic oxidation sites excluding steroid dienone is 2. The molecule has 0 unspecified atom stereocenters. The van der Waals surface area contributed by atoms with Gasteiger partial charge in [-0.15, -0.1) is 0 Å². The number of hydrogen-bond acceptors (Lipinski definition) is 2. The van der Waals surface area contributed by atoms with Crippen LogP contribution in [0.1, 0.15) is 43.0 Å². The highest BCUT2D eigenvalue weighted by Crippen LogP contribution is 2.50. The van der Waals surface area contributed by atoms with E-state index < -0.39 is 5.41 Å². The van der Waals surface area contributed by atoms with Crippen LogP contribution < -0.4 is 0 Å². The molecule has 160 valence electrons. The van der Waals surface area contributed by atoms with Gasteiger partial charge in [0.25, 0.3) is 0 Å². The highest BCUT2D eigenvalue weighted by molar-refractivity contribution is 6.00. The fraction of sp³-hybridized carbons (Fsp3) is 0.296. The highest BCUT2D eigenvalue weighted by atomic mass is 19.1. The highest BCUT2D eigenvalue weighted by Gasteiger charge is 2.50. The van der Waals surface area contributed by atoms with Crippen molar-refractivity contribution >= 4 is 5.78 Å². The molecule has 0 saturated carbocycles. The number of aromatic nitrogens is 2. The second-order valence-corrected chi connectivity index (χ2v) is 9.02. The monoisotopic (exact) mass is 425 g/mol. The molecular weight excluding hydrogens is 401 g/mol. The molecule has 2 aliphatic rings. The van der Waals surface area contributed by atoms with E-state index in [1.807, 2.05) is 37.3 Å².